The number of methoxy groups -OCH3 is 1. The number of rotatable bonds is 18. The number of carbonyl (C=O) groups excluding carboxylic acids is 7. The number of aromatic nitrogens is 5. The molecule has 7 amide bonds. The van der Waals surface area contributed by atoms with Crippen LogP contribution in [0.1, 0.15) is 63.3 Å². The molecule has 2 fully saturated rings. The van der Waals surface area contributed by atoms with Crippen LogP contribution in [-0.2, 0) is 30.5 Å². The van der Waals surface area contributed by atoms with Crippen LogP contribution in [-0.4, -0.2) is 118 Å². The first-order chi connectivity index (χ1) is 29.0. The Morgan fingerprint density at radius 2 is 1.73 bits per heavy atom. The molecule has 312 valence electrons. The summed E-state index contributed by atoms with van der Waals surface area (Å²) in [6.07, 6.45) is 3.40. The van der Waals surface area contributed by atoms with E-state index in [2.05, 4.69) is 52.2 Å². The molecule has 4 aromatic rings. The molecule has 2 aromatic heterocycles. The van der Waals surface area contributed by atoms with Crippen LogP contribution in [0.15, 0.2) is 48.8 Å². The molecule has 1 saturated heterocycles. The van der Waals surface area contributed by atoms with E-state index in [1.165, 1.54) is 32.6 Å². The Hall–Kier alpha value is -7.29. The molecule has 0 bridgehead atoms. The lowest BCUT2D eigenvalue weighted by Gasteiger charge is -2.27. The van der Waals surface area contributed by atoms with Crippen molar-refractivity contribution in [3.63, 3.8) is 0 Å². The highest BCUT2D eigenvalue weighted by molar-refractivity contribution is 6.23. The molecule has 3 aliphatic rings. The average molecular weight is 823 g/mol. The standard InChI is InChI=1S/C39H42N12O9/c1-40-37(56)32-27(19-29(47-48-32)45-35(54)21-6-7-21)44-26-5-3-4-24(33(26)59-2)34-43-20-50(49-34)15-13-42-30(52)12-16-60-17-14-41-22-8-9-23-25(18-22)39(58)51(38(23)57)28-10-11-31(53)46-36(28)55/h3-5,8-9,18-21,28,41H,6-7,10-17H2,1-2H3,(H,40,56)(H,42,52)(H,46,53,55)(H2,44,45,47,54). The molecule has 1 unspecified atom stereocenters. The second-order valence-corrected chi connectivity index (χ2v) is 14.0. The second kappa shape index (κ2) is 18.1. The largest absolute Gasteiger partial charge is 0.494 e. The van der Waals surface area contributed by atoms with Crippen molar-refractivity contribution in [2.45, 2.75) is 44.7 Å². The predicted molar refractivity (Wildman–Crippen MR) is 212 cm³/mol. The maximum absolute atomic E-state index is 13.1. The zero-order valence-electron chi connectivity index (χ0n) is 32.7. The fourth-order valence-corrected chi connectivity index (χ4v) is 6.62. The number of anilines is 4. The van der Waals surface area contributed by atoms with Gasteiger partial charge in [-0.3, -0.25) is 48.5 Å². The SMILES string of the molecule is CNC(=O)c1nnc(NC(=O)C2CC2)cc1Nc1cccc(-c2ncn(CCNC(=O)CCOCCNc3ccc4c(c3)C(=O)N(C3CCC(=O)NC3=O)C4=O)n2)c1OC. The van der Waals surface area contributed by atoms with Crippen molar-refractivity contribution < 1.29 is 43.0 Å². The van der Waals surface area contributed by atoms with Crippen LogP contribution in [0, 0.1) is 5.92 Å². The number of ether oxygens (including phenoxy) is 2. The van der Waals surface area contributed by atoms with Crippen LogP contribution in [0.5, 0.6) is 5.75 Å². The lowest BCUT2D eigenvalue weighted by atomic mass is 10.0. The molecule has 60 heavy (non-hydrogen) atoms. The zero-order valence-corrected chi connectivity index (χ0v) is 32.7. The third kappa shape index (κ3) is 9.20. The molecule has 0 spiro atoms. The summed E-state index contributed by atoms with van der Waals surface area (Å²) in [6.45, 7) is 1.39. The highest BCUT2D eigenvalue weighted by Gasteiger charge is 2.44. The molecule has 0 radical (unpaired) electrons. The van der Waals surface area contributed by atoms with E-state index in [0.717, 1.165) is 17.7 Å². The molecule has 7 rings (SSSR count). The summed E-state index contributed by atoms with van der Waals surface area (Å²) in [5, 5.41) is 29.2. The minimum atomic E-state index is -1.04. The summed E-state index contributed by atoms with van der Waals surface area (Å²) in [5.41, 5.74) is 2.26. The van der Waals surface area contributed by atoms with E-state index in [1.54, 1.807) is 35.0 Å². The highest BCUT2D eigenvalue weighted by atomic mass is 16.5. The van der Waals surface area contributed by atoms with Gasteiger partial charge >= 0.3 is 0 Å². The molecule has 2 aliphatic heterocycles. The van der Waals surface area contributed by atoms with E-state index in [4.69, 9.17) is 9.47 Å². The number of hydrogen-bond donors (Lipinski definition) is 6. The minimum absolute atomic E-state index is 0.0112. The van der Waals surface area contributed by atoms with E-state index >= 15 is 0 Å². The topological polar surface area (TPSA) is 270 Å². The van der Waals surface area contributed by atoms with Gasteiger partial charge in [0.05, 0.1) is 54.9 Å². The van der Waals surface area contributed by atoms with Gasteiger partial charge in [0.25, 0.3) is 17.7 Å². The van der Waals surface area contributed by atoms with Gasteiger partial charge in [-0.25, -0.2) is 4.98 Å². The molecular weight excluding hydrogens is 781 g/mol. The first kappa shape index (κ1) is 40.9. The number of piperidine rings is 1. The maximum atomic E-state index is 13.1. The van der Waals surface area contributed by atoms with Crippen molar-refractivity contribution in [2.24, 2.45) is 5.92 Å². The zero-order chi connectivity index (χ0) is 42.3. The quantitative estimate of drug-likeness (QED) is 0.0609. The van der Waals surface area contributed by atoms with Crippen molar-refractivity contribution in [3.8, 4) is 17.1 Å². The first-order valence-electron chi connectivity index (χ1n) is 19.2. The lowest BCUT2D eigenvalue weighted by molar-refractivity contribution is -0.136. The number of benzene rings is 2. The van der Waals surface area contributed by atoms with Crippen LogP contribution >= 0.6 is 0 Å². The number of para-hydroxylation sites is 1. The Morgan fingerprint density at radius 1 is 0.917 bits per heavy atom. The molecule has 21 heteroatoms. The van der Waals surface area contributed by atoms with E-state index in [1.807, 2.05) is 0 Å². The Morgan fingerprint density at radius 3 is 2.50 bits per heavy atom. The molecule has 2 aromatic carbocycles. The van der Waals surface area contributed by atoms with Crippen molar-refractivity contribution in [1.82, 2.24) is 45.8 Å². The summed E-state index contributed by atoms with van der Waals surface area (Å²) in [6, 6.07) is 10.5. The molecule has 1 saturated carbocycles. The van der Waals surface area contributed by atoms with Crippen LogP contribution in [0.3, 0.4) is 0 Å². The van der Waals surface area contributed by atoms with Crippen molar-refractivity contribution in [3.05, 3.63) is 65.6 Å². The van der Waals surface area contributed by atoms with E-state index in [0.29, 0.717) is 47.3 Å². The van der Waals surface area contributed by atoms with Crippen molar-refractivity contribution >= 4 is 64.2 Å². The van der Waals surface area contributed by atoms with E-state index < -0.39 is 35.6 Å². The van der Waals surface area contributed by atoms with Gasteiger partial charge in [-0.15, -0.1) is 10.2 Å². The number of nitrogens with one attached hydrogen (secondary N) is 6. The summed E-state index contributed by atoms with van der Waals surface area (Å²) in [5.74, 6) is -2.24. The van der Waals surface area contributed by atoms with E-state index in [-0.39, 0.29) is 79.4 Å². The lowest BCUT2D eigenvalue weighted by Crippen LogP contribution is -2.54. The van der Waals surface area contributed by atoms with Gasteiger partial charge in [-0.05, 0) is 49.6 Å². The van der Waals surface area contributed by atoms with Crippen LogP contribution in [0.2, 0.25) is 0 Å². The highest BCUT2D eigenvalue weighted by Crippen LogP contribution is 2.37. The Labute approximate surface area is 342 Å². The summed E-state index contributed by atoms with van der Waals surface area (Å²) < 4.78 is 12.9. The summed E-state index contributed by atoms with van der Waals surface area (Å²) in [7, 11) is 2.96. The Balaban J connectivity index is 0.852. The number of hydrogen-bond acceptors (Lipinski definition) is 15. The fourth-order valence-electron chi connectivity index (χ4n) is 6.62. The van der Waals surface area contributed by atoms with Gasteiger partial charge in [0.2, 0.25) is 23.6 Å². The third-order valence-corrected chi connectivity index (χ3v) is 9.85. The molecule has 1 aliphatic carbocycles. The Kier molecular flexibility index (Phi) is 12.3. The summed E-state index contributed by atoms with van der Waals surface area (Å²) in [4.78, 5) is 92.6. The van der Waals surface area contributed by atoms with Crippen molar-refractivity contribution in [1.29, 1.82) is 0 Å². The number of carbonyl (C=O) groups is 7. The third-order valence-electron chi connectivity index (χ3n) is 9.85. The normalized spacial score (nSPS) is 15.9. The van der Waals surface area contributed by atoms with Gasteiger partial charge in [-0.2, -0.15) is 5.10 Å². The maximum Gasteiger partial charge on any atom is 0.273 e. The van der Waals surface area contributed by atoms with Crippen molar-refractivity contribution in [2.75, 3.05) is 56.4 Å². The van der Waals surface area contributed by atoms with Gasteiger partial charge in [0, 0.05) is 50.7 Å². The number of imide groups is 2. The summed E-state index contributed by atoms with van der Waals surface area (Å²) >= 11 is 0. The first-order valence-corrected chi connectivity index (χ1v) is 19.2. The van der Waals surface area contributed by atoms with Gasteiger partial charge in [0.15, 0.2) is 23.1 Å². The minimum Gasteiger partial charge on any atom is -0.494 e. The number of nitrogens with zero attached hydrogens (tertiary/aromatic N) is 6. The predicted octanol–water partition coefficient (Wildman–Crippen LogP) is 1.23. The molecule has 4 heterocycles. The monoisotopic (exact) mass is 822 g/mol. The van der Waals surface area contributed by atoms with Crippen LogP contribution in [0.25, 0.3) is 11.4 Å². The number of amides is 7. The van der Waals surface area contributed by atoms with E-state index in [9.17, 15) is 33.6 Å². The van der Waals surface area contributed by atoms with Gasteiger partial charge in [-0.1, -0.05) is 6.07 Å². The average Bonchev–Trinajstić information content (AvgIpc) is 3.95. The smallest absolute Gasteiger partial charge is 0.273 e. The Bertz CT molecular complexity index is 2360. The molecule has 6 N–H and O–H groups in total. The molecule has 21 nitrogen and oxygen atoms in total. The van der Waals surface area contributed by atoms with Gasteiger partial charge < -0.3 is 36.1 Å². The number of fused-ring (bicyclic) bond motifs is 1. The van der Waals surface area contributed by atoms with Crippen LogP contribution < -0.4 is 36.6 Å². The second-order valence-electron chi connectivity index (χ2n) is 14.0. The fraction of sp³-hybridized carbons (Fsp3) is 0.359. The molecule has 1 atom stereocenters. The van der Waals surface area contributed by atoms with Crippen LogP contribution in [0.4, 0.5) is 22.9 Å². The van der Waals surface area contributed by atoms with Gasteiger partial charge in [0.1, 0.15) is 12.4 Å². The molecular formula is C39H42N12O9.